The minimum Gasteiger partial charge on any atom is -0.355 e. The van der Waals surface area contributed by atoms with Crippen molar-refractivity contribution in [1.29, 1.82) is 0 Å². The number of piperidine rings is 1. The monoisotopic (exact) mass is 345 g/mol. The fourth-order valence-corrected chi connectivity index (χ4v) is 3.40. The van der Waals surface area contributed by atoms with E-state index in [2.05, 4.69) is 69.1 Å². The van der Waals surface area contributed by atoms with Gasteiger partial charge >= 0.3 is 0 Å². The summed E-state index contributed by atoms with van der Waals surface area (Å²) in [6.07, 6.45) is 1.83. The van der Waals surface area contributed by atoms with Crippen LogP contribution in [0.2, 0.25) is 0 Å². The Kier molecular flexibility index (Phi) is 6.28. The molecule has 1 aliphatic rings. The zero-order valence-corrected chi connectivity index (χ0v) is 16.6. The van der Waals surface area contributed by atoms with Gasteiger partial charge in [0.25, 0.3) is 0 Å². The molecule has 3 N–H and O–H groups in total. The van der Waals surface area contributed by atoms with Gasteiger partial charge in [-0.1, -0.05) is 58.9 Å². The van der Waals surface area contributed by atoms with Crippen LogP contribution in [0.15, 0.2) is 24.3 Å². The molecule has 1 heterocycles. The van der Waals surface area contributed by atoms with E-state index in [-0.39, 0.29) is 22.8 Å². The summed E-state index contributed by atoms with van der Waals surface area (Å²) in [7, 11) is 0. The summed E-state index contributed by atoms with van der Waals surface area (Å²) in [5.41, 5.74) is 9.02. The number of nitrogens with two attached hydrogens (primary N) is 1. The average molecular weight is 346 g/mol. The molecule has 1 saturated heterocycles. The van der Waals surface area contributed by atoms with Crippen molar-refractivity contribution in [2.75, 3.05) is 26.2 Å². The van der Waals surface area contributed by atoms with Gasteiger partial charge in [-0.05, 0) is 34.8 Å². The molecule has 0 saturated carbocycles. The predicted octanol–water partition coefficient (Wildman–Crippen LogP) is 2.70. The zero-order valence-electron chi connectivity index (χ0n) is 16.6. The highest BCUT2D eigenvalue weighted by atomic mass is 16.2. The molecule has 4 heteroatoms. The maximum Gasteiger partial charge on any atom is 0.234 e. The number of hydrogen-bond donors (Lipinski definition) is 2. The van der Waals surface area contributed by atoms with Crippen LogP contribution in [0.4, 0.5) is 0 Å². The van der Waals surface area contributed by atoms with Gasteiger partial charge in [-0.15, -0.1) is 0 Å². The van der Waals surface area contributed by atoms with E-state index in [1.807, 2.05) is 0 Å². The van der Waals surface area contributed by atoms with Gasteiger partial charge in [-0.25, -0.2) is 0 Å². The van der Waals surface area contributed by atoms with Gasteiger partial charge in [0.15, 0.2) is 0 Å². The summed E-state index contributed by atoms with van der Waals surface area (Å²) in [6.45, 7) is 14.0. The Bertz CT molecular complexity index is 572. The number of likely N-dealkylation sites (tertiary alicyclic amines) is 1. The number of benzene rings is 1. The highest BCUT2D eigenvalue weighted by Crippen LogP contribution is 2.27. The van der Waals surface area contributed by atoms with Crippen LogP contribution in [0.1, 0.15) is 52.2 Å². The lowest BCUT2D eigenvalue weighted by atomic mass is 9.80. The maximum absolute atomic E-state index is 12.2. The van der Waals surface area contributed by atoms with Crippen LogP contribution in [0.5, 0.6) is 0 Å². The summed E-state index contributed by atoms with van der Waals surface area (Å²) >= 11 is 0. The quantitative estimate of drug-likeness (QED) is 0.863. The van der Waals surface area contributed by atoms with Crippen molar-refractivity contribution >= 4 is 5.91 Å². The van der Waals surface area contributed by atoms with E-state index in [0.717, 1.165) is 25.9 Å². The zero-order chi connectivity index (χ0) is 18.7. The number of carbonyl (C=O) groups is 1. The van der Waals surface area contributed by atoms with E-state index in [9.17, 15) is 4.79 Å². The Morgan fingerprint density at radius 2 is 1.92 bits per heavy atom. The van der Waals surface area contributed by atoms with Crippen molar-refractivity contribution in [3.05, 3.63) is 35.4 Å². The molecule has 0 bridgehead atoms. The van der Waals surface area contributed by atoms with Crippen molar-refractivity contribution in [3.8, 4) is 0 Å². The number of carbonyl (C=O) groups excluding carboxylic acids is 1. The molecule has 1 aromatic carbocycles. The smallest absolute Gasteiger partial charge is 0.234 e. The normalized spacial score (nSPS) is 21.1. The average Bonchev–Trinajstić information content (AvgIpc) is 2.50. The minimum absolute atomic E-state index is 0.0767. The number of hydrogen-bond acceptors (Lipinski definition) is 3. The first-order valence-corrected chi connectivity index (χ1v) is 9.42. The number of nitrogens with one attached hydrogen (secondary N) is 1. The fourth-order valence-electron chi connectivity index (χ4n) is 3.40. The first kappa shape index (κ1) is 19.9. The van der Waals surface area contributed by atoms with E-state index in [4.69, 9.17) is 5.73 Å². The second-order valence-electron chi connectivity index (χ2n) is 9.14. The Morgan fingerprint density at radius 1 is 1.28 bits per heavy atom. The molecular weight excluding hydrogens is 310 g/mol. The summed E-state index contributed by atoms with van der Waals surface area (Å²) in [5.74, 6) is 0.109. The standard InChI is InChI=1S/C21H35N3O/c1-20(2,3)17-8-6-16(7-9-17)10-12-23-19(25)14-24-13-11-18(22)21(4,5)15-24/h6-9,18H,10-15,22H2,1-5H3,(H,23,25). The van der Waals surface area contributed by atoms with Gasteiger partial charge in [-0.2, -0.15) is 0 Å². The largest absolute Gasteiger partial charge is 0.355 e. The SMILES string of the molecule is CC(C)(C)c1ccc(CCNC(=O)CN2CCC(N)C(C)(C)C2)cc1. The summed E-state index contributed by atoms with van der Waals surface area (Å²) in [6, 6.07) is 8.94. The van der Waals surface area contributed by atoms with Crippen molar-refractivity contribution < 1.29 is 4.79 Å². The molecule has 1 unspecified atom stereocenters. The van der Waals surface area contributed by atoms with E-state index in [1.54, 1.807) is 0 Å². The number of nitrogens with zero attached hydrogens (tertiary/aromatic N) is 1. The molecule has 1 atom stereocenters. The second-order valence-corrected chi connectivity index (χ2v) is 9.14. The third-order valence-electron chi connectivity index (χ3n) is 5.31. The number of rotatable bonds is 5. The van der Waals surface area contributed by atoms with Crippen molar-refractivity contribution in [1.82, 2.24) is 10.2 Å². The molecule has 4 nitrogen and oxygen atoms in total. The van der Waals surface area contributed by atoms with Gasteiger partial charge in [0.1, 0.15) is 0 Å². The highest BCUT2D eigenvalue weighted by Gasteiger charge is 2.33. The second kappa shape index (κ2) is 7.88. The van der Waals surface area contributed by atoms with E-state index < -0.39 is 0 Å². The third kappa shape index (κ3) is 5.82. The molecule has 25 heavy (non-hydrogen) atoms. The molecule has 1 fully saturated rings. The van der Waals surface area contributed by atoms with Crippen LogP contribution in [0.3, 0.4) is 0 Å². The van der Waals surface area contributed by atoms with Crippen LogP contribution in [0.25, 0.3) is 0 Å². The summed E-state index contributed by atoms with van der Waals surface area (Å²) in [4.78, 5) is 14.4. The molecular formula is C21H35N3O. The lowest BCUT2D eigenvalue weighted by Crippen LogP contribution is -2.54. The topological polar surface area (TPSA) is 58.4 Å². The Morgan fingerprint density at radius 3 is 2.48 bits per heavy atom. The molecule has 0 aliphatic carbocycles. The molecule has 0 spiro atoms. The number of amides is 1. The summed E-state index contributed by atoms with van der Waals surface area (Å²) in [5, 5.41) is 3.05. The minimum atomic E-state index is 0.0767. The molecule has 140 valence electrons. The van der Waals surface area contributed by atoms with Gasteiger partial charge in [-0.3, -0.25) is 9.69 Å². The molecule has 1 aromatic rings. The van der Waals surface area contributed by atoms with Crippen LogP contribution in [0, 0.1) is 5.41 Å². The van der Waals surface area contributed by atoms with Crippen molar-refractivity contribution in [2.24, 2.45) is 11.1 Å². The Balaban J connectivity index is 1.74. The first-order valence-electron chi connectivity index (χ1n) is 9.42. The Hall–Kier alpha value is -1.39. The van der Waals surface area contributed by atoms with Crippen LogP contribution in [-0.2, 0) is 16.6 Å². The molecule has 2 rings (SSSR count). The molecule has 0 aromatic heterocycles. The van der Waals surface area contributed by atoms with E-state index in [0.29, 0.717) is 13.1 Å². The maximum atomic E-state index is 12.2. The van der Waals surface area contributed by atoms with Gasteiger partial charge < -0.3 is 11.1 Å². The van der Waals surface area contributed by atoms with Crippen LogP contribution >= 0.6 is 0 Å². The highest BCUT2D eigenvalue weighted by molar-refractivity contribution is 5.78. The van der Waals surface area contributed by atoms with Crippen molar-refractivity contribution in [2.45, 2.75) is 58.9 Å². The summed E-state index contributed by atoms with van der Waals surface area (Å²) < 4.78 is 0. The van der Waals surface area contributed by atoms with E-state index >= 15 is 0 Å². The molecule has 1 amide bonds. The first-order chi connectivity index (χ1) is 11.6. The fraction of sp³-hybridized carbons (Fsp3) is 0.667. The van der Waals surface area contributed by atoms with Gasteiger partial charge in [0.05, 0.1) is 6.54 Å². The third-order valence-corrected chi connectivity index (χ3v) is 5.31. The van der Waals surface area contributed by atoms with Gasteiger partial charge in [0, 0.05) is 25.7 Å². The van der Waals surface area contributed by atoms with Crippen molar-refractivity contribution in [3.63, 3.8) is 0 Å². The predicted molar refractivity (Wildman–Crippen MR) is 105 cm³/mol. The lowest BCUT2D eigenvalue weighted by molar-refractivity contribution is -0.123. The van der Waals surface area contributed by atoms with Crippen LogP contribution in [-0.4, -0.2) is 43.0 Å². The van der Waals surface area contributed by atoms with Gasteiger partial charge in [0.2, 0.25) is 5.91 Å². The lowest BCUT2D eigenvalue weighted by Gasteiger charge is -2.42. The Labute approximate surface area is 153 Å². The van der Waals surface area contributed by atoms with E-state index in [1.165, 1.54) is 11.1 Å². The van der Waals surface area contributed by atoms with Crippen LogP contribution < -0.4 is 11.1 Å². The molecule has 1 aliphatic heterocycles. The molecule has 0 radical (unpaired) electrons.